The van der Waals surface area contributed by atoms with Crippen molar-refractivity contribution in [3.05, 3.63) is 139 Å². The number of carbonyl (C=O) groups is 2. The van der Waals surface area contributed by atoms with Crippen molar-refractivity contribution in [1.82, 2.24) is 4.57 Å². The predicted octanol–water partition coefficient (Wildman–Crippen LogP) is 7.25. The molecule has 5 rings (SSSR count). The van der Waals surface area contributed by atoms with E-state index in [1.165, 1.54) is 0 Å². The van der Waals surface area contributed by atoms with Gasteiger partial charge in [0.25, 0.3) is 0 Å². The number of rotatable bonds is 14. The maximum absolute atomic E-state index is 12.7. The number of carbonyl (C=O) groups excluding carboxylic acids is 2. The van der Waals surface area contributed by atoms with Gasteiger partial charge in [-0.1, -0.05) is 60.7 Å². The van der Waals surface area contributed by atoms with Gasteiger partial charge >= 0.3 is 11.9 Å². The summed E-state index contributed by atoms with van der Waals surface area (Å²) in [5, 5.41) is 0. The van der Waals surface area contributed by atoms with Crippen LogP contribution in [0.5, 0.6) is 11.5 Å². The Morgan fingerprint density at radius 1 is 0.578 bits per heavy atom. The van der Waals surface area contributed by atoms with Crippen molar-refractivity contribution in [3.63, 3.8) is 0 Å². The van der Waals surface area contributed by atoms with Crippen LogP contribution in [0.25, 0.3) is 16.9 Å². The molecule has 0 amide bonds. The van der Waals surface area contributed by atoms with E-state index in [1.807, 2.05) is 128 Å². The quantitative estimate of drug-likeness (QED) is 0.125. The van der Waals surface area contributed by atoms with Gasteiger partial charge in [0.05, 0.1) is 18.9 Å². The van der Waals surface area contributed by atoms with Crippen LogP contribution in [0.15, 0.2) is 128 Å². The first-order chi connectivity index (χ1) is 22.0. The van der Waals surface area contributed by atoms with Gasteiger partial charge in [-0.15, -0.1) is 0 Å². The van der Waals surface area contributed by atoms with E-state index in [4.69, 9.17) is 18.9 Å². The van der Waals surface area contributed by atoms with Crippen LogP contribution in [0.1, 0.15) is 25.0 Å². The van der Waals surface area contributed by atoms with Crippen LogP contribution in [0, 0.1) is 0 Å². The summed E-state index contributed by atoms with van der Waals surface area (Å²) in [5.74, 6) is 0.383. The van der Waals surface area contributed by atoms with Crippen molar-refractivity contribution in [2.75, 3.05) is 13.2 Å². The van der Waals surface area contributed by atoms with Crippen LogP contribution >= 0.6 is 0 Å². The molecule has 230 valence electrons. The number of hydrogen-bond acceptors (Lipinski definition) is 6. The van der Waals surface area contributed by atoms with Gasteiger partial charge in [0.15, 0.2) is 12.2 Å². The van der Waals surface area contributed by atoms with Gasteiger partial charge in [-0.05, 0) is 91.2 Å². The number of esters is 2. The molecule has 0 aliphatic rings. The molecule has 0 spiro atoms. The summed E-state index contributed by atoms with van der Waals surface area (Å²) >= 11 is 0. The number of hydrogen-bond donors (Lipinski definition) is 0. The fourth-order valence-corrected chi connectivity index (χ4v) is 5.03. The zero-order valence-corrected chi connectivity index (χ0v) is 25.5. The Morgan fingerprint density at radius 2 is 1.04 bits per heavy atom. The van der Waals surface area contributed by atoms with E-state index < -0.39 is 12.2 Å². The van der Waals surface area contributed by atoms with E-state index >= 15 is 0 Å². The number of benzene rings is 4. The van der Waals surface area contributed by atoms with Gasteiger partial charge < -0.3 is 23.5 Å². The fraction of sp³-hybridized carbons (Fsp3) is 0.211. The van der Waals surface area contributed by atoms with Crippen LogP contribution in [-0.2, 0) is 31.9 Å². The molecular weight excluding hydrogens is 566 g/mol. The van der Waals surface area contributed by atoms with Crippen molar-refractivity contribution in [3.8, 4) is 28.4 Å². The zero-order chi connectivity index (χ0) is 31.4. The Labute approximate surface area is 264 Å². The second-order valence-corrected chi connectivity index (χ2v) is 10.4. The molecule has 0 aliphatic heterocycles. The first kappa shape index (κ1) is 31.1. The first-order valence-electron chi connectivity index (χ1n) is 15.2. The van der Waals surface area contributed by atoms with Gasteiger partial charge in [0.2, 0.25) is 0 Å². The summed E-state index contributed by atoms with van der Waals surface area (Å²) in [6.45, 7) is 4.15. The lowest BCUT2D eigenvalue weighted by atomic mass is 10.1. The lowest BCUT2D eigenvalue weighted by Gasteiger charge is -2.19. The fourth-order valence-electron chi connectivity index (χ4n) is 5.03. The third kappa shape index (κ3) is 8.42. The highest BCUT2D eigenvalue weighted by Gasteiger charge is 2.24. The van der Waals surface area contributed by atoms with Gasteiger partial charge in [0.1, 0.15) is 11.5 Å². The van der Waals surface area contributed by atoms with Crippen LogP contribution in [0.2, 0.25) is 0 Å². The largest absolute Gasteiger partial charge is 0.478 e. The molecule has 2 atom stereocenters. The molecule has 7 heteroatoms. The van der Waals surface area contributed by atoms with E-state index in [2.05, 4.69) is 4.57 Å². The summed E-state index contributed by atoms with van der Waals surface area (Å²) in [6, 6.07) is 38.8. The Hall–Kier alpha value is -5.30. The molecule has 0 bridgehead atoms. The molecule has 0 saturated carbocycles. The number of ether oxygens (including phenoxy) is 4. The van der Waals surface area contributed by atoms with Crippen LogP contribution in [0.4, 0.5) is 0 Å². The van der Waals surface area contributed by atoms with Crippen molar-refractivity contribution >= 4 is 11.9 Å². The highest BCUT2D eigenvalue weighted by atomic mass is 16.6. The minimum absolute atomic E-state index is 0.287. The molecule has 5 aromatic rings. The van der Waals surface area contributed by atoms with Crippen molar-refractivity contribution < 1.29 is 28.5 Å². The van der Waals surface area contributed by atoms with Gasteiger partial charge in [-0.2, -0.15) is 0 Å². The molecule has 0 N–H and O–H groups in total. The molecule has 7 nitrogen and oxygen atoms in total. The summed E-state index contributed by atoms with van der Waals surface area (Å²) in [5.41, 5.74) is 4.88. The van der Waals surface area contributed by atoms with E-state index in [1.54, 1.807) is 13.8 Å². The molecule has 0 radical (unpaired) electrons. The van der Waals surface area contributed by atoms with Gasteiger partial charge in [-0.25, -0.2) is 9.59 Å². The van der Waals surface area contributed by atoms with E-state index in [9.17, 15) is 9.59 Å². The monoisotopic (exact) mass is 603 g/mol. The Morgan fingerprint density at radius 3 is 1.51 bits per heavy atom. The Bertz CT molecular complexity index is 1520. The molecule has 0 unspecified atom stereocenters. The number of nitrogens with zero attached hydrogens (tertiary/aromatic N) is 1. The molecule has 4 aromatic carbocycles. The minimum Gasteiger partial charge on any atom is -0.478 e. The second-order valence-electron chi connectivity index (χ2n) is 10.4. The smallest absolute Gasteiger partial charge is 0.347 e. The van der Waals surface area contributed by atoms with Crippen molar-refractivity contribution in [2.45, 2.75) is 38.9 Å². The second kappa shape index (κ2) is 15.4. The topological polar surface area (TPSA) is 76.0 Å². The Balaban J connectivity index is 1.28. The van der Waals surface area contributed by atoms with Crippen LogP contribution in [-0.4, -0.2) is 41.9 Å². The molecule has 1 heterocycles. The lowest BCUT2D eigenvalue weighted by Crippen LogP contribution is -2.31. The molecule has 45 heavy (non-hydrogen) atoms. The van der Waals surface area contributed by atoms with Gasteiger partial charge in [-0.3, -0.25) is 0 Å². The van der Waals surface area contributed by atoms with Crippen LogP contribution in [0.3, 0.4) is 0 Å². The minimum atomic E-state index is -0.753. The van der Waals surface area contributed by atoms with E-state index in [0.29, 0.717) is 24.3 Å². The summed E-state index contributed by atoms with van der Waals surface area (Å²) in [6.07, 6.45) is 1.31. The van der Waals surface area contributed by atoms with Crippen LogP contribution < -0.4 is 9.47 Å². The van der Waals surface area contributed by atoms with Crippen molar-refractivity contribution in [2.24, 2.45) is 0 Å². The average Bonchev–Trinajstić information content (AvgIpc) is 3.56. The SMILES string of the molecule is CCOC(=O)[C@@H](Cc1ccccc1)Oc1ccc(-c2cccn2-c2ccc(O[C@H](Cc3ccccc3)C(=O)OCC)cc2)cc1. The van der Waals surface area contributed by atoms with Crippen molar-refractivity contribution in [1.29, 1.82) is 0 Å². The third-order valence-corrected chi connectivity index (χ3v) is 7.20. The maximum atomic E-state index is 12.7. The third-order valence-electron chi connectivity index (χ3n) is 7.20. The summed E-state index contributed by atoms with van der Waals surface area (Å²) in [4.78, 5) is 25.3. The maximum Gasteiger partial charge on any atom is 0.347 e. The van der Waals surface area contributed by atoms with E-state index in [-0.39, 0.29) is 25.2 Å². The first-order valence-corrected chi connectivity index (χ1v) is 15.2. The standard InChI is InChI=1S/C38H37NO6/c1-3-42-37(40)35(26-28-12-7-5-8-13-28)44-32-21-17-30(18-22-32)34-16-11-25-39(34)31-19-23-33(24-20-31)45-36(38(41)43-4-2)27-29-14-9-6-10-15-29/h5-25,35-36H,3-4,26-27H2,1-2H3/t35-,36-/m1/s1. The Kier molecular flexibility index (Phi) is 10.7. The molecule has 0 saturated heterocycles. The average molecular weight is 604 g/mol. The summed E-state index contributed by atoms with van der Waals surface area (Å²) < 4.78 is 24.8. The van der Waals surface area contributed by atoms with E-state index in [0.717, 1.165) is 28.1 Å². The highest BCUT2D eigenvalue weighted by Crippen LogP contribution is 2.28. The predicted molar refractivity (Wildman–Crippen MR) is 174 cm³/mol. The summed E-state index contributed by atoms with van der Waals surface area (Å²) in [7, 11) is 0. The molecule has 0 aliphatic carbocycles. The molecular formula is C38H37NO6. The molecule has 0 fully saturated rings. The highest BCUT2D eigenvalue weighted by molar-refractivity contribution is 5.76. The van der Waals surface area contributed by atoms with Gasteiger partial charge in [0, 0.05) is 24.7 Å². The normalized spacial score (nSPS) is 12.1. The lowest BCUT2D eigenvalue weighted by molar-refractivity contribution is -0.152. The molecule has 1 aromatic heterocycles. The zero-order valence-electron chi connectivity index (χ0n) is 25.5. The number of aromatic nitrogens is 1.